The highest BCUT2D eigenvalue weighted by Crippen LogP contribution is 2.65. The van der Waals surface area contributed by atoms with Crippen molar-refractivity contribution >= 4 is 24.0 Å². The van der Waals surface area contributed by atoms with Gasteiger partial charge in [0.15, 0.2) is 0 Å². The number of rotatable bonds is 7. The van der Waals surface area contributed by atoms with E-state index in [2.05, 4.69) is 26.7 Å². The SMILES string of the molecule is CC12c3ccccc3C(C=O)(c3ccccc31)C1C(=O)N(CCCCN3CCN(c4ncccn4)CC3)C(=O)C12. The molecule has 2 amide bonds. The van der Waals surface area contributed by atoms with Gasteiger partial charge in [-0.2, -0.15) is 0 Å². The van der Waals surface area contributed by atoms with Crippen molar-refractivity contribution in [1.29, 1.82) is 0 Å². The summed E-state index contributed by atoms with van der Waals surface area (Å²) in [6.45, 7) is 7.01. The van der Waals surface area contributed by atoms with E-state index in [0.29, 0.717) is 6.54 Å². The van der Waals surface area contributed by atoms with Gasteiger partial charge in [-0.05, 0) is 47.7 Å². The van der Waals surface area contributed by atoms with Crippen molar-refractivity contribution in [3.63, 3.8) is 0 Å². The van der Waals surface area contributed by atoms with E-state index in [9.17, 15) is 14.4 Å². The molecule has 2 aliphatic heterocycles. The first-order valence-electron chi connectivity index (χ1n) is 14.3. The highest BCUT2D eigenvalue weighted by molar-refractivity contribution is 6.11. The molecule has 3 aliphatic carbocycles. The quantitative estimate of drug-likeness (QED) is 0.261. The maximum absolute atomic E-state index is 14.1. The molecule has 2 unspecified atom stereocenters. The molecular weight excluding hydrogens is 502 g/mol. The van der Waals surface area contributed by atoms with E-state index >= 15 is 0 Å². The summed E-state index contributed by atoms with van der Waals surface area (Å²) in [6.07, 6.45) is 6.11. The molecule has 8 heteroatoms. The molecule has 0 spiro atoms. The molecule has 8 nitrogen and oxygen atoms in total. The number of carbonyl (C=O) groups excluding carboxylic acids is 3. The zero-order valence-corrected chi connectivity index (χ0v) is 22.7. The summed E-state index contributed by atoms with van der Waals surface area (Å²) in [5, 5.41) is 0. The number of benzene rings is 2. The normalized spacial score (nSPS) is 28.8. The second kappa shape index (κ2) is 9.34. The predicted molar refractivity (Wildman–Crippen MR) is 150 cm³/mol. The van der Waals surface area contributed by atoms with E-state index < -0.39 is 22.7 Å². The zero-order valence-electron chi connectivity index (χ0n) is 22.7. The molecule has 204 valence electrons. The molecule has 0 N–H and O–H groups in total. The van der Waals surface area contributed by atoms with Crippen LogP contribution < -0.4 is 4.90 Å². The molecule has 40 heavy (non-hydrogen) atoms. The van der Waals surface area contributed by atoms with Gasteiger partial charge in [0, 0.05) is 50.5 Å². The Morgan fingerprint density at radius 1 is 0.775 bits per heavy atom. The highest BCUT2D eigenvalue weighted by Gasteiger charge is 2.72. The monoisotopic (exact) mass is 535 g/mol. The first kappa shape index (κ1) is 25.1. The van der Waals surface area contributed by atoms with Gasteiger partial charge in [-0.15, -0.1) is 0 Å². The number of nitrogens with zero attached hydrogens (tertiary/aromatic N) is 5. The lowest BCUT2D eigenvalue weighted by Gasteiger charge is -2.56. The third-order valence-electron chi connectivity index (χ3n) is 9.87. The summed E-state index contributed by atoms with van der Waals surface area (Å²) in [6, 6.07) is 17.6. The minimum atomic E-state index is -1.14. The van der Waals surface area contributed by atoms with Crippen LogP contribution in [-0.4, -0.2) is 77.1 Å². The number of amides is 2. The van der Waals surface area contributed by atoms with Crippen LogP contribution in [0.3, 0.4) is 0 Å². The molecule has 3 heterocycles. The van der Waals surface area contributed by atoms with E-state index in [-0.39, 0.29) is 11.8 Å². The summed E-state index contributed by atoms with van der Waals surface area (Å²) in [4.78, 5) is 56.0. The Morgan fingerprint density at radius 3 is 1.93 bits per heavy atom. The summed E-state index contributed by atoms with van der Waals surface area (Å²) in [5.74, 6) is -0.850. The van der Waals surface area contributed by atoms with Gasteiger partial charge in [0.25, 0.3) is 0 Å². The van der Waals surface area contributed by atoms with E-state index in [0.717, 1.165) is 80.1 Å². The van der Waals surface area contributed by atoms with Crippen molar-refractivity contribution in [2.24, 2.45) is 11.8 Å². The lowest BCUT2D eigenvalue weighted by molar-refractivity contribution is -0.140. The smallest absolute Gasteiger partial charge is 0.234 e. The van der Waals surface area contributed by atoms with Crippen LogP contribution in [0.5, 0.6) is 0 Å². The molecule has 0 radical (unpaired) electrons. The molecular formula is C32H33N5O3. The van der Waals surface area contributed by atoms with Crippen molar-refractivity contribution in [1.82, 2.24) is 19.8 Å². The van der Waals surface area contributed by atoms with Gasteiger partial charge in [0.2, 0.25) is 17.8 Å². The third-order valence-corrected chi connectivity index (χ3v) is 9.87. The van der Waals surface area contributed by atoms with Crippen LogP contribution in [0.1, 0.15) is 42.0 Å². The number of aromatic nitrogens is 2. The molecule has 2 bridgehead atoms. The van der Waals surface area contributed by atoms with E-state index in [1.807, 2.05) is 54.6 Å². The van der Waals surface area contributed by atoms with Crippen LogP contribution in [-0.2, 0) is 25.2 Å². The molecule has 2 aromatic carbocycles. The standard InChI is InChI=1S/C32H33N5O3/c1-31-22-9-2-4-11-24(22)32(21-38,25-12-5-3-10-23(25)31)27-26(31)28(39)37(29(27)40)16-7-6-15-35-17-19-36(20-18-35)30-33-13-8-14-34-30/h2-5,8-14,21,26-27H,6-7,15-20H2,1H3. The van der Waals surface area contributed by atoms with Crippen molar-refractivity contribution in [2.45, 2.75) is 30.6 Å². The summed E-state index contributed by atoms with van der Waals surface area (Å²) in [5.41, 5.74) is 1.92. The Kier molecular flexibility index (Phi) is 5.85. The average Bonchev–Trinajstić information content (AvgIpc) is 3.27. The Bertz CT molecular complexity index is 1440. The number of anilines is 1. The number of imide groups is 1. The lowest BCUT2D eigenvalue weighted by Crippen LogP contribution is -2.61. The fourth-order valence-corrected chi connectivity index (χ4v) is 7.97. The first-order valence-corrected chi connectivity index (χ1v) is 14.3. The van der Waals surface area contributed by atoms with Crippen molar-refractivity contribution in [2.75, 3.05) is 44.2 Å². The number of piperazine rings is 1. The van der Waals surface area contributed by atoms with Gasteiger partial charge < -0.3 is 9.69 Å². The summed E-state index contributed by atoms with van der Waals surface area (Å²) >= 11 is 0. The van der Waals surface area contributed by atoms with Crippen LogP contribution in [0.15, 0.2) is 67.0 Å². The van der Waals surface area contributed by atoms with Crippen molar-refractivity contribution in [3.8, 4) is 0 Å². The molecule has 2 fully saturated rings. The number of carbonyl (C=O) groups is 3. The van der Waals surface area contributed by atoms with E-state index in [1.165, 1.54) is 4.90 Å². The predicted octanol–water partition coefficient (Wildman–Crippen LogP) is 2.80. The van der Waals surface area contributed by atoms with Gasteiger partial charge in [-0.3, -0.25) is 19.4 Å². The largest absolute Gasteiger partial charge is 0.338 e. The molecule has 2 atom stereocenters. The molecule has 8 rings (SSSR count). The number of unbranched alkanes of at least 4 members (excludes halogenated alkanes) is 1. The maximum Gasteiger partial charge on any atom is 0.234 e. The number of hydrogen-bond donors (Lipinski definition) is 0. The second-order valence-electron chi connectivity index (χ2n) is 11.6. The minimum Gasteiger partial charge on any atom is -0.338 e. The Morgan fingerprint density at radius 2 is 1.32 bits per heavy atom. The second-order valence-corrected chi connectivity index (χ2v) is 11.6. The number of aldehydes is 1. The Labute approximate surface area is 234 Å². The summed E-state index contributed by atoms with van der Waals surface area (Å²) < 4.78 is 0. The van der Waals surface area contributed by atoms with Crippen LogP contribution in [0.25, 0.3) is 0 Å². The van der Waals surface area contributed by atoms with Crippen LogP contribution in [0, 0.1) is 11.8 Å². The third kappa shape index (κ3) is 3.32. The molecule has 3 aromatic rings. The fourth-order valence-electron chi connectivity index (χ4n) is 7.97. The molecule has 2 saturated heterocycles. The van der Waals surface area contributed by atoms with E-state index in [1.54, 1.807) is 12.4 Å². The highest BCUT2D eigenvalue weighted by atomic mass is 16.2. The van der Waals surface area contributed by atoms with Gasteiger partial charge in [-0.1, -0.05) is 55.5 Å². The Hall–Kier alpha value is -3.91. The fraction of sp³-hybridized carbons (Fsp3) is 0.406. The van der Waals surface area contributed by atoms with Crippen molar-refractivity contribution < 1.29 is 14.4 Å². The van der Waals surface area contributed by atoms with Gasteiger partial charge in [-0.25, -0.2) is 9.97 Å². The van der Waals surface area contributed by atoms with E-state index in [4.69, 9.17) is 0 Å². The van der Waals surface area contributed by atoms with Crippen LogP contribution in [0.4, 0.5) is 5.95 Å². The molecule has 5 aliphatic rings. The van der Waals surface area contributed by atoms with Crippen LogP contribution in [0.2, 0.25) is 0 Å². The lowest BCUT2D eigenvalue weighted by atomic mass is 9.42. The van der Waals surface area contributed by atoms with Crippen molar-refractivity contribution in [3.05, 3.63) is 89.2 Å². The number of hydrogen-bond acceptors (Lipinski definition) is 7. The number of likely N-dealkylation sites (tertiary alicyclic amines) is 1. The molecule has 0 saturated carbocycles. The van der Waals surface area contributed by atoms with Gasteiger partial charge in [0.05, 0.1) is 17.3 Å². The Balaban J connectivity index is 1.07. The van der Waals surface area contributed by atoms with Gasteiger partial charge in [0.1, 0.15) is 6.29 Å². The maximum atomic E-state index is 14.1. The zero-order chi connectivity index (χ0) is 27.5. The van der Waals surface area contributed by atoms with Crippen LogP contribution >= 0.6 is 0 Å². The average molecular weight is 536 g/mol. The minimum absolute atomic E-state index is 0.135. The summed E-state index contributed by atoms with van der Waals surface area (Å²) in [7, 11) is 0. The van der Waals surface area contributed by atoms with Gasteiger partial charge >= 0.3 is 0 Å². The first-order chi connectivity index (χ1) is 19.5. The molecule has 1 aromatic heterocycles. The topological polar surface area (TPSA) is 86.7 Å².